The molecule has 0 spiro atoms. The minimum atomic E-state index is -0.551. The third-order valence-corrected chi connectivity index (χ3v) is 7.07. The van der Waals surface area contributed by atoms with E-state index in [2.05, 4.69) is 15.0 Å². The minimum Gasteiger partial charge on any atom is -0.486 e. The van der Waals surface area contributed by atoms with Crippen LogP contribution in [0.5, 0.6) is 5.75 Å². The molecular formula is C27H19ClFN5O2S. The number of hydrogen-bond acceptors (Lipinski definition) is 7. The fraction of sp³-hybridized carbons (Fsp3) is 0.148. The van der Waals surface area contributed by atoms with Crippen LogP contribution in [0.25, 0.3) is 22.2 Å². The molecule has 0 saturated heterocycles. The number of aromatic nitrogens is 4. The van der Waals surface area contributed by atoms with E-state index in [0.29, 0.717) is 32.6 Å². The summed E-state index contributed by atoms with van der Waals surface area (Å²) in [5.74, 6) is -0.0818. The van der Waals surface area contributed by atoms with Crippen molar-refractivity contribution in [2.24, 2.45) is 0 Å². The molecule has 0 aliphatic heterocycles. The molecule has 0 atom stereocenters. The van der Waals surface area contributed by atoms with Crippen LogP contribution in [0.15, 0.2) is 59.1 Å². The van der Waals surface area contributed by atoms with Gasteiger partial charge in [-0.1, -0.05) is 23.7 Å². The fourth-order valence-electron chi connectivity index (χ4n) is 4.17. The molecule has 37 heavy (non-hydrogen) atoms. The number of aryl methyl sites for hydroxylation is 2. The first-order valence-electron chi connectivity index (χ1n) is 11.2. The summed E-state index contributed by atoms with van der Waals surface area (Å²) in [5.41, 5.74) is 5.45. The first-order valence-corrected chi connectivity index (χ1v) is 12.5. The maximum absolute atomic E-state index is 15.0. The molecule has 5 rings (SSSR count). The number of hydrogen-bond donors (Lipinski definition) is 0. The Morgan fingerprint density at radius 2 is 2.03 bits per heavy atom. The van der Waals surface area contributed by atoms with E-state index < -0.39 is 11.4 Å². The number of para-hydroxylation sites is 1. The van der Waals surface area contributed by atoms with E-state index in [0.717, 1.165) is 22.8 Å². The van der Waals surface area contributed by atoms with E-state index in [9.17, 15) is 10.1 Å². The molecule has 0 bridgehead atoms. The van der Waals surface area contributed by atoms with Crippen LogP contribution in [0.4, 0.5) is 4.39 Å². The van der Waals surface area contributed by atoms with Gasteiger partial charge in [0.2, 0.25) is 0 Å². The summed E-state index contributed by atoms with van der Waals surface area (Å²) >= 11 is 7.72. The fourth-order valence-corrected chi connectivity index (χ4v) is 4.97. The Balaban J connectivity index is 1.54. The Hall–Kier alpha value is -4.13. The summed E-state index contributed by atoms with van der Waals surface area (Å²) in [6.45, 7) is 3.54. The molecule has 4 heterocycles. The van der Waals surface area contributed by atoms with Gasteiger partial charge in [-0.2, -0.15) is 5.26 Å². The lowest BCUT2D eigenvalue weighted by Gasteiger charge is -2.16. The van der Waals surface area contributed by atoms with Gasteiger partial charge in [-0.05, 0) is 38.1 Å². The summed E-state index contributed by atoms with van der Waals surface area (Å²) in [6, 6.07) is 12.4. The average molecular weight is 532 g/mol. The van der Waals surface area contributed by atoms with E-state index in [4.69, 9.17) is 16.3 Å². The van der Waals surface area contributed by atoms with Crippen molar-refractivity contribution < 1.29 is 9.13 Å². The number of ether oxygens (including phenoxy) is 1. The predicted molar refractivity (Wildman–Crippen MR) is 140 cm³/mol. The number of benzene rings is 1. The number of thiazole rings is 1. The van der Waals surface area contributed by atoms with Crippen LogP contribution in [-0.4, -0.2) is 19.5 Å². The standard InChI is InChI=1S/C27H19ClFN5O2S/c1-15-9-19(25-26(28)37-14-32-25)18-6-3-7-23(24(18)33-15)36-13-21-20(16(2)31-11-22(21)29)12-34-8-4-5-17(10-30)27(34)35/h3-9,11,14H,12-13H2,1-2H3. The van der Waals surface area contributed by atoms with Crippen LogP contribution in [-0.2, 0) is 13.2 Å². The highest BCUT2D eigenvalue weighted by atomic mass is 35.5. The molecule has 0 aliphatic carbocycles. The number of nitriles is 1. The first-order chi connectivity index (χ1) is 17.9. The number of rotatable bonds is 6. The van der Waals surface area contributed by atoms with Gasteiger partial charge in [0, 0.05) is 39.7 Å². The smallest absolute Gasteiger partial charge is 0.268 e. The molecule has 0 N–H and O–H groups in total. The summed E-state index contributed by atoms with van der Waals surface area (Å²) in [6.07, 6.45) is 2.69. The highest BCUT2D eigenvalue weighted by molar-refractivity contribution is 7.14. The second kappa shape index (κ2) is 10.1. The lowest BCUT2D eigenvalue weighted by Crippen LogP contribution is -2.23. The number of fused-ring (bicyclic) bond motifs is 1. The summed E-state index contributed by atoms with van der Waals surface area (Å²) in [4.78, 5) is 25.8. The SMILES string of the molecule is Cc1cc(-c2ncsc2Cl)c2cccc(OCc3c(F)cnc(C)c3Cn3cccc(C#N)c3=O)c2n1. The lowest BCUT2D eigenvalue weighted by molar-refractivity contribution is 0.300. The maximum Gasteiger partial charge on any atom is 0.268 e. The largest absolute Gasteiger partial charge is 0.486 e. The monoisotopic (exact) mass is 531 g/mol. The summed E-state index contributed by atoms with van der Waals surface area (Å²) in [5, 5.41) is 10.0. The minimum absolute atomic E-state index is 0.00975. The Bertz CT molecular complexity index is 1760. The van der Waals surface area contributed by atoms with Gasteiger partial charge in [0.25, 0.3) is 5.56 Å². The van der Waals surface area contributed by atoms with E-state index in [-0.39, 0.29) is 24.3 Å². The van der Waals surface area contributed by atoms with E-state index in [1.165, 1.54) is 22.0 Å². The normalized spacial score (nSPS) is 11.0. The first kappa shape index (κ1) is 24.6. The van der Waals surface area contributed by atoms with Crippen molar-refractivity contribution in [2.45, 2.75) is 27.0 Å². The van der Waals surface area contributed by atoms with E-state index in [1.54, 1.807) is 30.8 Å². The second-order valence-corrected chi connectivity index (χ2v) is 9.80. The quantitative estimate of drug-likeness (QED) is 0.274. The molecular weight excluding hydrogens is 513 g/mol. The van der Waals surface area contributed by atoms with Crippen LogP contribution in [0.3, 0.4) is 0 Å². The molecule has 4 aromatic heterocycles. The van der Waals surface area contributed by atoms with E-state index in [1.807, 2.05) is 31.2 Å². The van der Waals surface area contributed by atoms with Gasteiger partial charge in [0.15, 0.2) is 0 Å². The molecule has 0 radical (unpaired) electrons. The predicted octanol–water partition coefficient (Wildman–Crippen LogP) is 5.82. The molecule has 0 unspecified atom stereocenters. The van der Waals surface area contributed by atoms with Gasteiger partial charge in [0.05, 0.1) is 18.3 Å². The zero-order valence-corrected chi connectivity index (χ0v) is 21.4. The molecule has 0 amide bonds. The van der Waals surface area contributed by atoms with Crippen LogP contribution in [0.2, 0.25) is 4.34 Å². The zero-order chi connectivity index (χ0) is 26.1. The van der Waals surface area contributed by atoms with Crippen LogP contribution in [0.1, 0.15) is 28.1 Å². The summed E-state index contributed by atoms with van der Waals surface area (Å²) < 4.78 is 23.1. The topological polar surface area (TPSA) is 93.7 Å². The third kappa shape index (κ3) is 4.69. The van der Waals surface area contributed by atoms with Crippen molar-refractivity contribution in [3.8, 4) is 23.1 Å². The van der Waals surface area contributed by atoms with Gasteiger partial charge >= 0.3 is 0 Å². The van der Waals surface area contributed by atoms with Crippen molar-refractivity contribution in [3.63, 3.8) is 0 Å². The highest BCUT2D eigenvalue weighted by Crippen LogP contribution is 2.37. The Labute approximate surface area is 220 Å². The Morgan fingerprint density at radius 3 is 2.78 bits per heavy atom. The molecule has 5 aromatic rings. The molecule has 1 aromatic carbocycles. The van der Waals surface area contributed by atoms with Crippen LogP contribution >= 0.6 is 22.9 Å². The van der Waals surface area contributed by atoms with Crippen molar-refractivity contribution in [3.05, 3.63) is 103 Å². The second-order valence-electron chi connectivity index (χ2n) is 8.34. The lowest BCUT2D eigenvalue weighted by atomic mass is 10.0. The van der Waals surface area contributed by atoms with Crippen molar-refractivity contribution in [1.29, 1.82) is 5.26 Å². The number of nitrogens with zero attached hydrogens (tertiary/aromatic N) is 5. The van der Waals surface area contributed by atoms with Gasteiger partial charge < -0.3 is 9.30 Å². The Kier molecular flexibility index (Phi) is 6.70. The zero-order valence-electron chi connectivity index (χ0n) is 19.8. The molecule has 0 fully saturated rings. The van der Waals surface area contributed by atoms with Gasteiger partial charge in [0.1, 0.15) is 45.4 Å². The van der Waals surface area contributed by atoms with Crippen LogP contribution < -0.4 is 10.3 Å². The van der Waals surface area contributed by atoms with Crippen molar-refractivity contribution >= 4 is 33.8 Å². The highest BCUT2D eigenvalue weighted by Gasteiger charge is 2.18. The van der Waals surface area contributed by atoms with Crippen molar-refractivity contribution in [2.75, 3.05) is 0 Å². The Morgan fingerprint density at radius 1 is 1.19 bits per heavy atom. The van der Waals surface area contributed by atoms with Gasteiger partial charge in [-0.25, -0.2) is 14.4 Å². The van der Waals surface area contributed by atoms with E-state index >= 15 is 4.39 Å². The summed E-state index contributed by atoms with van der Waals surface area (Å²) in [7, 11) is 0. The van der Waals surface area contributed by atoms with Gasteiger partial charge in [-0.3, -0.25) is 9.78 Å². The molecule has 7 nitrogen and oxygen atoms in total. The number of pyridine rings is 3. The van der Waals surface area contributed by atoms with Gasteiger partial charge in [-0.15, -0.1) is 11.3 Å². The number of halogens is 2. The van der Waals surface area contributed by atoms with Crippen LogP contribution in [0, 0.1) is 31.0 Å². The molecule has 0 aliphatic rings. The molecule has 10 heteroatoms. The third-order valence-electron chi connectivity index (χ3n) is 6.01. The molecule has 184 valence electrons. The average Bonchev–Trinajstić information content (AvgIpc) is 3.32. The molecule has 0 saturated carbocycles. The van der Waals surface area contributed by atoms with Crippen molar-refractivity contribution in [1.82, 2.24) is 19.5 Å². The maximum atomic E-state index is 15.0.